The van der Waals surface area contributed by atoms with Gasteiger partial charge >= 0.3 is 0 Å². The zero-order chi connectivity index (χ0) is 42.3. The van der Waals surface area contributed by atoms with Gasteiger partial charge in [0.1, 0.15) is 22.6 Å². The molecule has 1 atom stereocenters. The van der Waals surface area contributed by atoms with Gasteiger partial charge < -0.3 is 20.3 Å². The van der Waals surface area contributed by atoms with Crippen molar-refractivity contribution in [2.24, 2.45) is 0 Å². The number of rotatable bonds is 12. The van der Waals surface area contributed by atoms with Crippen LogP contribution in [0, 0.1) is 12.7 Å². The van der Waals surface area contributed by atoms with Crippen molar-refractivity contribution in [3.05, 3.63) is 87.8 Å². The number of hydrogen-bond donors (Lipinski definition) is 3. The number of halogens is 2. The quantitative estimate of drug-likeness (QED) is 0.147. The molecule has 18 heteroatoms. The standard InChI is InChI=1S/C41H44ClFN8O7S/c1-22(2)58-34-19-33(24(5)16-31(34)46-41-44-20-28(42)37(48-41)45-30-8-6-7-9-35(30)59(56,57)23(3)4)50-14-12-49(13-15-50)21-25-17-26-27(18-29(25)43)40(55)51(39(26)54)32-10-11-36(52)47-38(32)53/h6-9,16-20,22-23,32H,10-15,21H2,1-5H3,(H,47,52,53)(H2,44,45,46,48). The Morgan fingerprint density at radius 2 is 1.64 bits per heavy atom. The van der Waals surface area contributed by atoms with Crippen LogP contribution in [0.3, 0.4) is 0 Å². The lowest BCUT2D eigenvalue weighted by molar-refractivity contribution is -0.136. The topological polar surface area (TPSA) is 183 Å². The van der Waals surface area contributed by atoms with Gasteiger partial charge in [0.05, 0.1) is 44.9 Å². The lowest BCUT2D eigenvalue weighted by Crippen LogP contribution is -2.54. The number of benzene rings is 3. The first kappa shape index (κ1) is 41.5. The second-order valence-electron chi connectivity index (χ2n) is 15.2. The number of carbonyl (C=O) groups is 4. The van der Waals surface area contributed by atoms with Crippen molar-refractivity contribution in [3.8, 4) is 5.75 Å². The third-order valence-corrected chi connectivity index (χ3v) is 12.9. The fourth-order valence-electron chi connectivity index (χ4n) is 7.35. The molecule has 0 spiro atoms. The summed E-state index contributed by atoms with van der Waals surface area (Å²) in [6.07, 6.45) is 1.25. The summed E-state index contributed by atoms with van der Waals surface area (Å²) >= 11 is 6.48. The number of para-hydroxylation sites is 1. The molecule has 310 valence electrons. The number of aryl methyl sites for hydroxylation is 1. The molecule has 4 amide bonds. The number of nitrogens with zero attached hydrogens (tertiary/aromatic N) is 5. The molecule has 3 aromatic carbocycles. The largest absolute Gasteiger partial charge is 0.489 e. The van der Waals surface area contributed by atoms with Gasteiger partial charge in [0.2, 0.25) is 17.8 Å². The third kappa shape index (κ3) is 8.45. The molecular weight excluding hydrogens is 803 g/mol. The maximum absolute atomic E-state index is 15.5. The van der Waals surface area contributed by atoms with Crippen LogP contribution in [-0.4, -0.2) is 95.4 Å². The molecule has 1 aromatic heterocycles. The van der Waals surface area contributed by atoms with E-state index in [9.17, 15) is 27.6 Å². The van der Waals surface area contributed by atoms with E-state index in [1.165, 1.54) is 18.3 Å². The molecule has 3 N–H and O–H groups in total. The molecule has 0 saturated carbocycles. The van der Waals surface area contributed by atoms with E-state index in [0.29, 0.717) is 43.3 Å². The van der Waals surface area contributed by atoms with Crippen molar-refractivity contribution < 1.29 is 36.7 Å². The predicted octanol–water partition coefficient (Wildman–Crippen LogP) is 5.76. The number of piperidine rings is 1. The molecule has 3 aliphatic heterocycles. The molecule has 3 aliphatic rings. The van der Waals surface area contributed by atoms with Crippen LogP contribution in [0.2, 0.25) is 5.02 Å². The number of ether oxygens (including phenoxy) is 1. The van der Waals surface area contributed by atoms with Crippen LogP contribution in [0.25, 0.3) is 0 Å². The molecule has 7 rings (SSSR count). The van der Waals surface area contributed by atoms with Gasteiger partial charge in [0, 0.05) is 56.5 Å². The molecule has 0 aliphatic carbocycles. The maximum atomic E-state index is 15.5. The molecular formula is C41H44ClFN8O7S. The van der Waals surface area contributed by atoms with E-state index in [1.807, 2.05) is 32.9 Å². The summed E-state index contributed by atoms with van der Waals surface area (Å²) in [5.74, 6) is -2.29. The van der Waals surface area contributed by atoms with Gasteiger partial charge in [-0.05, 0) is 76.9 Å². The van der Waals surface area contributed by atoms with Crippen molar-refractivity contribution in [2.45, 2.75) is 76.3 Å². The summed E-state index contributed by atoms with van der Waals surface area (Å²) in [5.41, 5.74) is 3.01. The normalized spacial score (nSPS) is 17.5. The zero-order valence-electron chi connectivity index (χ0n) is 33.1. The van der Waals surface area contributed by atoms with Crippen LogP contribution in [0.1, 0.15) is 72.4 Å². The van der Waals surface area contributed by atoms with Crippen LogP contribution in [0.15, 0.2) is 59.6 Å². The van der Waals surface area contributed by atoms with Gasteiger partial charge in [-0.25, -0.2) is 17.8 Å². The minimum Gasteiger partial charge on any atom is -0.489 e. The predicted molar refractivity (Wildman–Crippen MR) is 220 cm³/mol. The van der Waals surface area contributed by atoms with Gasteiger partial charge in [-0.1, -0.05) is 23.7 Å². The van der Waals surface area contributed by atoms with Gasteiger partial charge in [-0.2, -0.15) is 4.98 Å². The monoisotopic (exact) mass is 846 g/mol. The number of hydrogen-bond acceptors (Lipinski definition) is 13. The van der Waals surface area contributed by atoms with Crippen molar-refractivity contribution >= 4 is 73.9 Å². The van der Waals surface area contributed by atoms with E-state index in [2.05, 4.69) is 35.7 Å². The van der Waals surface area contributed by atoms with E-state index in [0.717, 1.165) is 22.2 Å². The zero-order valence-corrected chi connectivity index (χ0v) is 34.7. The summed E-state index contributed by atoms with van der Waals surface area (Å²) < 4.78 is 47.8. The molecule has 59 heavy (non-hydrogen) atoms. The van der Waals surface area contributed by atoms with Crippen molar-refractivity contribution in [1.82, 2.24) is 25.1 Å². The number of carbonyl (C=O) groups excluding carboxylic acids is 4. The van der Waals surface area contributed by atoms with Gasteiger partial charge in [-0.3, -0.25) is 34.3 Å². The molecule has 0 bridgehead atoms. The average molecular weight is 847 g/mol. The van der Waals surface area contributed by atoms with Crippen molar-refractivity contribution in [1.29, 1.82) is 0 Å². The van der Waals surface area contributed by atoms with Crippen LogP contribution in [-0.2, 0) is 26.0 Å². The molecule has 2 fully saturated rings. The summed E-state index contributed by atoms with van der Waals surface area (Å²) in [5, 5.41) is 8.04. The lowest BCUT2D eigenvalue weighted by Gasteiger charge is -2.37. The number of sulfone groups is 1. The summed E-state index contributed by atoms with van der Waals surface area (Å²) in [6.45, 7) is 11.6. The maximum Gasteiger partial charge on any atom is 0.262 e. The van der Waals surface area contributed by atoms with Gasteiger partial charge in [0.25, 0.3) is 11.8 Å². The molecule has 15 nitrogen and oxygen atoms in total. The SMILES string of the molecule is Cc1cc(Nc2ncc(Cl)c(Nc3ccccc3S(=O)(=O)C(C)C)n2)c(OC(C)C)cc1N1CCN(Cc2cc3c(cc2F)C(=O)N(C2CCC(=O)NC2=O)C3=O)CC1. The molecule has 1 unspecified atom stereocenters. The van der Waals surface area contributed by atoms with Gasteiger partial charge in [0.15, 0.2) is 15.7 Å². The van der Waals surface area contributed by atoms with Gasteiger partial charge in [-0.15, -0.1) is 0 Å². The van der Waals surface area contributed by atoms with E-state index in [1.54, 1.807) is 32.0 Å². The number of aromatic nitrogens is 2. The van der Waals surface area contributed by atoms with Crippen LogP contribution in [0.4, 0.5) is 33.2 Å². The Labute approximate surface area is 346 Å². The Kier molecular flexibility index (Phi) is 11.6. The Bertz CT molecular complexity index is 2480. The highest BCUT2D eigenvalue weighted by Gasteiger charge is 2.45. The highest BCUT2D eigenvalue weighted by Crippen LogP contribution is 2.37. The number of amides is 4. The Morgan fingerprint density at radius 1 is 0.949 bits per heavy atom. The van der Waals surface area contributed by atoms with E-state index in [-0.39, 0.29) is 63.9 Å². The van der Waals surface area contributed by atoms with Crippen LogP contribution >= 0.6 is 11.6 Å². The number of piperazine rings is 1. The first-order valence-corrected chi connectivity index (χ1v) is 21.2. The second-order valence-corrected chi connectivity index (χ2v) is 18.1. The Balaban J connectivity index is 1.05. The number of anilines is 5. The molecule has 4 heterocycles. The highest BCUT2D eigenvalue weighted by molar-refractivity contribution is 7.92. The summed E-state index contributed by atoms with van der Waals surface area (Å²) in [4.78, 5) is 64.8. The van der Waals surface area contributed by atoms with Crippen LogP contribution < -0.4 is 25.6 Å². The molecule has 4 aromatic rings. The number of fused-ring (bicyclic) bond motifs is 1. The second kappa shape index (κ2) is 16.5. The summed E-state index contributed by atoms with van der Waals surface area (Å²) in [6, 6.07) is 11.8. The van der Waals surface area contributed by atoms with Crippen LogP contribution in [0.5, 0.6) is 5.75 Å². The first-order valence-electron chi connectivity index (χ1n) is 19.2. The highest BCUT2D eigenvalue weighted by atomic mass is 35.5. The van der Waals surface area contributed by atoms with E-state index in [4.69, 9.17) is 16.3 Å². The minimum absolute atomic E-state index is 0.00731. The van der Waals surface area contributed by atoms with E-state index < -0.39 is 50.6 Å². The lowest BCUT2D eigenvalue weighted by atomic mass is 10.0. The Morgan fingerprint density at radius 3 is 2.32 bits per heavy atom. The van der Waals surface area contributed by atoms with Crippen molar-refractivity contribution in [3.63, 3.8) is 0 Å². The fraction of sp³-hybridized carbons (Fsp3) is 0.366. The average Bonchev–Trinajstić information content (AvgIpc) is 3.41. The first-order chi connectivity index (χ1) is 28.0. The Hall–Kier alpha value is -5.65. The third-order valence-electron chi connectivity index (χ3n) is 10.4. The minimum atomic E-state index is -3.61. The van der Waals surface area contributed by atoms with Crippen molar-refractivity contribution in [2.75, 3.05) is 41.7 Å². The number of nitrogens with one attached hydrogen (secondary N) is 3. The smallest absolute Gasteiger partial charge is 0.262 e. The molecule has 0 radical (unpaired) electrons. The fourth-order valence-corrected chi connectivity index (χ4v) is 8.69. The number of imide groups is 2. The molecule has 2 saturated heterocycles. The van der Waals surface area contributed by atoms with E-state index >= 15 is 4.39 Å². The summed E-state index contributed by atoms with van der Waals surface area (Å²) in [7, 11) is -3.61.